The van der Waals surface area contributed by atoms with E-state index in [2.05, 4.69) is 53.1 Å². The number of nitrogens with one attached hydrogen (secondary N) is 1. The van der Waals surface area contributed by atoms with Crippen LogP contribution in [0.4, 0.5) is 5.69 Å². The van der Waals surface area contributed by atoms with Crippen molar-refractivity contribution >= 4 is 53.5 Å². The minimum Gasteiger partial charge on any atom is -0.493 e. The van der Waals surface area contributed by atoms with Gasteiger partial charge in [0.15, 0.2) is 11.5 Å². The van der Waals surface area contributed by atoms with Crippen LogP contribution in [-0.2, 0) is 6.54 Å². The zero-order valence-corrected chi connectivity index (χ0v) is 16.3. The Morgan fingerprint density at radius 1 is 0.952 bits per heavy atom. The summed E-state index contributed by atoms with van der Waals surface area (Å²) in [6, 6.07) is 9.99. The van der Waals surface area contributed by atoms with Crippen LogP contribution < -0.4 is 14.8 Å². The van der Waals surface area contributed by atoms with E-state index in [4.69, 9.17) is 9.47 Å². The van der Waals surface area contributed by atoms with Crippen molar-refractivity contribution in [1.82, 2.24) is 0 Å². The van der Waals surface area contributed by atoms with Crippen LogP contribution in [0.3, 0.4) is 0 Å². The lowest BCUT2D eigenvalue weighted by molar-refractivity contribution is 0.352. The summed E-state index contributed by atoms with van der Waals surface area (Å²) in [7, 11) is 3.26. The van der Waals surface area contributed by atoms with E-state index < -0.39 is 0 Å². The number of hydrogen-bond donors (Lipinski definition) is 1. The van der Waals surface area contributed by atoms with Gasteiger partial charge in [0.05, 0.1) is 18.7 Å². The lowest BCUT2D eigenvalue weighted by Gasteiger charge is -2.13. The molecule has 0 fully saturated rings. The molecule has 2 aromatic rings. The molecule has 0 unspecified atom stereocenters. The molecule has 0 heterocycles. The van der Waals surface area contributed by atoms with Gasteiger partial charge in [-0.2, -0.15) is 0 Å². The maximum absolute atomic E-state index is 5.35. The highest BCUT2D eigenvalue weighted by atomic mass is 79.9. The fraction of sp³-hybridized carbons (Fsp3) is 0.200. The van der Waals surface area contributed by atoms with Gasteiger partial charge in [-0.25, -0.2) is 0 Å². The molecule has 0 spiro atoms. The second-order valence-electron chi connectivity index (χ2n) is 4.29. The van der Waals surface area contributed by atoms with Crippen LogP contribution in [0, 0.1) is 0 Å². The molecule has 0 saturated heterocycles. The summed E-state index contributed by atoms with van der Waals surface area (Å²) in [6.45, 7) is 0.675. The molecule has 3 nitrogen and oxygen atoms in total. The summed E-state index contributed by atoms with van der Waals surface area (Å²) in [5.74, 6) is 1.40. The average Bonchev–Trinajstić information content (AvgIpc) is 2.47. The SMILES string of the molecule is COc1cc(CNc2cc(Br)ccc2Br)cc(Br)c1OC. The van der Waals surface area contributed by atoms with Crippen LogP contribution in [0.25, 0.3) is 0 Å². The fourth-order valence-electron chi connectivity index (χ4n) is 1.90. The maximum Gasteiger partial charge on any atom is 0.174 e. The third-order valence-corrected chi connectivity index (χ3v) is 4.68. The first kappa shape index (κ1) is 16.6. The van der Waals surface area contributed by atoms with Gasteiger partial charge in [0.25, 0.3) is 0 Å². The molecule has 0 aliphatic carbocycles. The highest BCUT2D eigenvalue weighted by Crippen LogP contribution is 2.36. The zero-order chi connectivity index (χ0) is 15.4. The monoisotopic (exact) mass is 477 g/mol. The number of halogens is 3. The Labute approximate surface area is 149 Å². The zero-order valence-electron chi connectivity index (χ0n) is 11.5. The lowest BCUT2D eigenvalue weighted by Crippen LogP contribution is -2.01. The number of hydrogen-bond acceptors (Lipinski definition) is 3. The molecule has 0 aliphatic heterocycles. The summed E-state index contributed by atoms with van der Waals surface area (Å²) in [6.07, 6.45) is 0. The van der Waals surface area contributed by atoms with Gasteiger partial charge in [-0.3, -0.25) is 0 Å². The van der Waals surface area contributed by atoms with Gasteiger partial charge in [-0.1, -0.05) is 15.9 Å². The van der Waals surface area contributed by atoms with Crippen LogP contribution in [-0.4, -0.2) is 14.2 Å². The van der Waals surface area contributed by atoms with E-state index in [0.29, 0.717) is 18.0 Å². The highest BCUT2D eigenvalue weighted by molar-refractivity contribution is 9.11. The minimum atomic E-state index is 0.675. The first-order valence-electron chi connectivity index (χ1n) is 6.14. The van der Waals surface area contributed by atoms with Crippen LogP contribution in [0.2, 0.25) is 0 Å². The second-order valence-corrected chi connectivity index (χ2v) is 6.92. The quantitative estimate of drug-likeness (QED) is 0.605. The Morgan fingerprint density at radius 3 is 2.38 bits per heavy atom. The molecule has 0 aliphatic rings. The summed E-state index contributed by atoms with van der Waals surface area (Å²) in [5, 5.41) is 3.39. The topological polar surface area (TPSA) is 30.5 Å². The summed E-state index contributed by atoms with van der Waals surface area (Å²) >= 11 is 10.5. The van der Waals surface area contributed by atoms with Crippen molar-refractivity contribution in [1.29, 1.82) is 0 Å². The van der Waals surface area contributed by atoms with E-state index >= 15 is 0 Å². The molecule has 0 aromatic heterocycles. The van der Waals surface area contributed by atoms with Crippen molar-refractivity contribution in [2.24, 2.45) is 0 Å². The van der Waals surface area contributed by atoms with Gasteiger partial charge in [0.1, 0.15) is 0 Å². The Morgan fingerprint density at radius 2 is 1.71 bits per heavy atom. The average molecular weight is 480 g/mol. The number of anilines is 1. The molecule has 6 heteroatoms. The molecule has 0 saturated carbocycles. The Bertz CT molecular complexity index is 647. The number of ether oxygens (including phenoxy) is 2. The molecular formula is C15H14Br3NO2. The molecule has 2 rings (SSSR count). The highest BCUT2D eigenvalue weighted by Gasteiger charge is 2.10. The maximum atomic E-state index is 5.35. The molecule has 0 bridgehead atoms. The van der Waals surface area contributed by atoms with Gasteiger partial charge < -0.3 is 14.8 Å². The largest absolute Gasteiger partial charge is 0.493 e. The van der Waals surface area contributed by atoms with Crippen molar-refractivity contribution in [2.75, 3.05) is 19.5 Å². The van der Waals surface area contributed by atoms with Crippen LogP contribution >= 0.6 is 47.8 Å². The van der Waals surface area contributed by atoms with E-state index in [1.807, 2.05) is 30.3 Å². The molecule has 0 radical (unpaired) electrons. The number of rotatable bonds is 5. The fourth-order valence-corrected chi connectivity index (χ4v) is 3.30. The third-order valence-electron chi connectivity index (χ3n) is 2.90. The van der Waals surface area contributed by atoms with Crippen molar-refractivity contribution in [3.05, 3.63) is 49.3 Å². The first-order chi connectivity index (χ1) is 10.0. The Kier molecular flexibility index (Phi) is 5.96. The molecule has 112 valence electrons. The van der Waals surface area contributed by atoms with Crippen LogP contribution in [0.1, 0.15) is 5.56 Å². The summed E-state index contributed by atoms with van der Waals surface area (Å²) in [4.78, 5) is 0. The van der Waals surface area contributed by atoms with E-state index in [1.54, 1.807) is 14.2 Å². The summed E-state index contributed by atoms with van der Waals surface area (Å²) < 4.78 is 13.6. The van der Waals surface area contributed by atoms with Gasteiger partial charge in [0, 0.05) is 21.2 Å². The Hall–Kier alpha value is -0.720. The van der Waals surface area contributed by atoms with Gasteiger partial charge in [0.2, 0.25) is 0 Å². The van der Waals surface area contributed by atoms with E-state index in [9.17, 15) is 0 Å². The smallest absolute Gasteiger partial charge is 0.174 e. The number of methoxy groups -OCH3 is 2. The second kappa shape index (κ2) is 7.51. The molecule has 2 aromatic carbocycles. The number of benzene rings is 2. The van der Waals surface area contributed by atoms with E-state index in [1.165, 1.54) is 0 Å². The minimum absolute atomic E-state index is 0.675. The van der Waals surface area contributed by atoms with Gasteiger partial charge >= 0.3 is 0 Å². The molecule has 0 amide bonds. The Balaban J connectivity index is 2.20. The molecular weight excluding hydrogens is 466 g/mol. The predicted molar refractivity (Wildman–Crippen MR) is 96.4 cm³/mol. The van der Waals surface area contributed by atoms with E-state index in [0.717, 1.165) is 24.7 Å². The lowest BCUT2D eigenvalue weighted by atomic mass is 10.2. The molecule has 0 atom stereocenters. The van der Waals surface area contributed by atoms with E-state index in [-0.39, 0.29) is 0 Å². The molecule has 21 heavy (non-hydrogen) atoms. The standard InChI is InChI=1S/C15H14Br3NO2/c1-20-14-6-9(5-12(18)15(14)21-2)8-19-13-7-10(16)3-4-11(13)17/h3-7,19H,8H2,1-2H3. The normalized spacial score (nSPS) is 10.3. The van der Waals surface area contributed by atoms with Crippen molar-refractivity contribution in [3.63, 3.8) is 0 Å². The van der Waals surface area contributed by atoms with Crippen molar-refractivity contribution in [2.45, 2.75) is 6.54 Å². The van der Waals surface area contributed by atoms with Gasteiger partial charge in [-0.15, -0.1) is 0 Å². The van der Waals surface area contributed by atoms with Crippen LogP contribution in [0.5, 0.6) is 11.5 Å². The van der Waals surface area contributed by atoms with Gasteiger partial charge in [-0.05, 0) is 67.8 Å². The third kappa shape index (κ3) is 4.14. The first-order valence-corrected chi connectivity index (χ1v) is 8.52. The summed E-state index contributed by atoms with van der Waals surface area (Å²) in [5.41, 5.74) is 2.11. The van der Waals surface area contributed by atoms with Crippen molar-refractivity contribution < 1.29 is 9.47 Å². The van der Waals surface area contributed by atoms with Crippen LogP contribution in [0.15, 0.2) is 43.7 Å². The van der Waals surface area contributed by atoms with Crippen molar-refractivity contribution in [3.8, 4) is 11.5 Å². The molecule has 1 N–H and O–H groups in total. The predicted octanol–water partition coefficient (Wildman–Crippen LogP) is 5.60.